The van der Waals surface area contributed by atoms with E-state index in [1.807, 2.05) is 18.2 Å². The van der Waals surface area contributed by atoms with E-state index in [2.05, 4.69) is 0 Å². The van der Waals surface area contributed by atoms with Gasteiger partial charge in [0.25, 0.3) is 5.56 Å². The Kier molecular flexibility index (Phi) is 4.52. The lowest BCUT2D eigenvalue weighted by Crippen LogP contribution is -2.20. The molecule has 0 unspecified atom stereocenters. The van der Waals surface area contributed by atoms with Crippen molar-refractivity contribution in [2.75, 3.05) is 0 Å². The average Bonchev–Trinajstić information content (AvgIpc) is 2.77. The first-order valence-corrected chi connectivity index (χ1v) is 10.2. The Balaban J connectivity index is 1.87. The van der Waals surface area contributed by atoms with Crippen molar-refractivity contribution in [3.8, 4) is 17.2 Å². The highest BCUT2D eigenvalue weighted by atomic mass is 32.2. The van der Waals surface area contributed by atoms with Gasteiger partial charge in [0.05, 0.1) is 5.52 Å². The third-order valence-corrected chi connectivity index (χ3v) is 5.97. The predicted molar refractivity (Wildman–Crippen MR) is 119 cm³/mol. The highest BCUT2D eigenvalue weighted by Gasteiger charge is 2.22. The monoisotopic (exact) mass is 429 g/mol. The molecule has 3 aromatic carbocycles. The Morgan fingerprint density at radius 2 is 1.58 bits per heavy atom. The molecular formula is C24H15NO5S. The molecule has 0 spiro atoms. The molecule has 0 saturated heterocycles. The summed E-state index contributed by atoms with van der Waals surface area (Å²) < 4.78 is 7.04. The van der Waals surface area contributed by atoms with E-state index in [1.165, 1.54) is 16.7 Å². The molecule has 31 heavy (non-hydrogen) atoms. The van der Waals surface area contributed by atoms with Crippen molar-refractivity contribution in [2.24, 2.45) is 0 Å². The Labute approximate surface area is 179 Å². The summed E-state index contributed by atoms with van der Waals surface area (Å²) in [6.07, 6.45) is 0. The van der Waals surface area contributed by atoms with E-state index in [1.54, 1.807) is 48.5 Å². The molecule has 0 amide bonds. The average molecular weight is 429 g/mol. The van der Waals surface area contributed by atoms with Crippen molar-refractivity contribution in [3.05, 3.63) is 99.6 Å². The number of fused-ring (bicyclic) bond motifs is 3. The number of hydrogen-bond donors (Lipinski definition) is 2. The fraction of sp³-hybridized carbons (Fsp3) is 0. The van der Waals surface area contributed by atoms with Gasteiger partial charge in [-0.1, -0.05) is 48.2 Å². The molecule has 0 bridgehead atoms. The second kappa shape index (κ2) is 7.37. The van der Waals surface area contributed by atoms with E-state index in [9.17, 15) is 19.8 Å². The summed E-state index contributed by atoms with van der Waals surface area (Å²) in [5.41, 5.74) is -0.0460. The quantitative estimate of drug-likeness (QED) is 0.405. The van der Waals surface area contributed by atoms with Gasteiger partial charge in [0, 0.05) is 16.0 Å². The van der Waals surface area contributed by atoms with Crippen LogP contribution in [-0.4, -0.2) is 14.8 Å². The van der Waals surface area contributed by atoms with E-state index in [-0.39, 0.29) is 21.6 Å². The van der Waals surface area contributed by atoms with E-state index < -0.39 is 16.9 Å². The second-order valence-corrected chi connectivity index (χ2v) is 7.95. The lowest BCUT2D eigenvalue weighted by Gasteiger charge is -2.14. The molecule has 5 aromatic rings. The molecule has 0 fully saturated rings. The molecule has 0 atom stereocenters. The van der Waals surface area contributed by atoms with Crippen LogP contribution in [0.1, 0.15) is 0 Å². The van der Waals surface area contributed by atoms with Gasteiger partial charge >= 0.3 is 5.63 Å². The number of benzene rings is 3. The van der Waals surface area contributed by atoms with Crippen LogP contribution in [0.3, 0.4) is 0 Å². The SMILES string of the molecule is O=c1oc2c(c(O)c1Sc1cccc(O)c1)c(=O)n(-c1ccccc1)c1ccccc21. The first-order valence-electron chi connectivity index (χ1n) is 9.40. The number of aromatic hydroxyl groups is 2. The smallest absolute Gasteiger partial charge is 0.354 e. The van der Waals surface area contributed by atoms with Crippen molar-refractivity contribution in [3.63, 3.8) is 0 Å². The summed E-state index contributed by atoms with van der Waals surface area (Å²) in [4.78, 5) is 26.7. The topological polar surface area (TPSA) is 92.7 Å². The van der Waals surface area contributed by atoms with Crippen molar-refractivity contribution in [1.82, 2.24) is 4.57 Å². The van der Waals surface area contributed by atoms with Crippen molar-refractivity contribution < 1.29 is 14.6 Å². The summed E-state index contributed by atoms with van der Waals surface area (Å²) in [6.45, 7) is 0. The number of aromatic nitrogens is 1. The minimum absolute atomic E-state index is 0.0205. The first-order chi connectivity index (χ1) is 15.0. The number of phenolic OH excluding ortho intramolecular Hbond substituents is 1. The molecular weight excluding hydrogens is 414 g/mol. The van der Waals surface area contributed by atoms with E-state index in [0.29, 0.717) is 21.5 Å². The van der Waals surface area contributed by atoms with Crippen LogP contribution >= 0.6 is 11.8 Å². The predicted octanol–water partition coefficient (Wildman–Crippen LogP) is 4.66. The normalized spacial score (nSPS) is 11.2. The molecule has 6 nitrogen and oxygen atoms in total. The minimum Gasteiger partial charge on any atom is -0.508 e. The minimum atomic E-state index is -0.764. The fourth-order valence-corrected chi connectivity index (χ4v) is 4.45. The zero-order chi connectivity index (χ0) is 21.5. The standard InChI is InChI=1S/C24H15NO5S/c26-15-9-6-10-16(13-15)31-22-20(27)19-21(30-24(22)29)17-11-4-5-12-18(17)25(23(19)28)14-7-2-1-3-8-14/h1-13,26-27H. The van der Waals surface area contributed by atoms with Gasteiger partial charge in [0.15, 0.2) is 11.3 Å². The van der Waals surface area contributed by atoms with Crippen molar-refractivity contribution in [1.29, 1.82) is 0 Å². The van der Waals surface area contributed by atoms with Crippen LogP contribution in [0.5, 0.6) is 11.5 Å². The van der Waals surface area contributed by atoms with Gasteiger partial charge in [0.1, 0.15) is 16.0 Å². The van der Waals surface area contributed by atoms with Crippen molar-refractivity contribution >= 4 is 33.6 Å². The van der Waals surface area contributed by atoms with Gasteiger partial charge < -0.3 is 14.6 Å². The molecule has 0 radical (unpaired) electrons. The Morgan fingerprint density at radius 1 is 0.839 bits per heavy atom. The number of pyridine rings is 1. The van der Waals surface area contributed by atoms with Gasteiger partial charge in [-0.2, -0.15) is 0 Å². The first kappa shape index (κ1) is 19.0. The van der Waals surface area contributed by atoms with Gasteiger partial charge in [-0.3, -0.25) is 9.36 Å². The lowest BCUT2D eigenvalue weighted by molar-refractivity contribution is 0.447. The van der Waals surface area contributed by atoms with Gasteiger partial charge in [-0.05, 0) is 42.5 Å². The highest BCUT2D eigenvalue weighted by molar-refractivity contribution is 7.99. The largest absolute Gasteiger partial charge is 0.508 e. The summed E-state index contributed by atoms with van der Waals surface area (Å²) >= 11 is 0.921. The van der Waals surface area contributed by atoms with Gasteiger partial charge in [-0.15, -0.1) is 0 Å². The lowest BCUT2D eigenvalue weighted by atomic mass is 10.1. The molecule has 7 heteroatoms. The molecule has 2 N–H and O–H groups in total. The summed E-state index contributed by atoms with van der Waals surface area (Å²) in [7, 11) is 0. The van der Waals surface area contributed by atoms with E-state index in [4.69, 9.17) is 4.42 Å². The maximum atomic E-state index is 13.5. The van der Waals surface area contributed by atoms with E-state index >= 15 is 0 Å². The Bertz CT molecular complexity index is 1570. The van der Waals surface area contributed by atoms with Crippen LogP contribution in [0.25, 0.3) is 27.6 Å². The molecule has 0 saturated carbocycles. The maximum Gasteiger partial charge on any atom is 0.354 e. The van der Waals surface area contributed by atoms with Crippen molar-refractivity contribution in [2.45, 2.75) is 9.79 Å². The van der Waals surface area contributed by atoms with Crippen LogP contribution in [0.4, 0.5) is 0 Å². The third kappa shape index (κ3) is 3.15. The Hall–Kier alpha value is -3.97. The number of hydrogen-bond acceptors (Lipinski definition) is 6. The van der Waals surface area contributed by atoms with Crippen LogP contribution in [0.2, 0.25) is 0 Å². The molecule has 2 heterocycles. The fourth-order valence-electron chi connectivity index (χ4n) is 3.57. The van der Waals surface area contributed by atoms with Crippen LogP contribution in [0, 0.1) is 0 Å². The second-order valence-electron chi connectivity index (χ2n) is 6.86. The number of phenols is 1. The summed E-state index contributed by atoms with van der Waals surface area (Å²) in [6, 6.07) is 22.4. The molecule has 0 aliphatic carbocycles. The number of nitrogens with zero attached hydrogens (tertiary/aromatic N) is 1. The third-order valence-electron chi connectivity index (χ3n) is 4.92. The highest BCUT2D eigenvalue weighted by Crippen LogP contribution is 2.38. The van der Waals surface area contributed by atoms with E-state index in [0.717, 1.165) is 11.8 Å². The number of para-hydroxylation sites is 2. The van der Waals surface area contributed by atoms with Gasteiger partial charge in [-0.25, -0.2) is 4.79 Å². The van der Waals surface area contributed by atoms with Gasteiger partial charge in [0.2, 0.25) is 0 Å². The van der Waals surface area contributed by atoms with Crippen LogP contribution in [0.15, 0.2) is 103 Å². The summed E-state index contributed by atoms with van der Waals surface area (Å²) in [5.74, 6) is -0.424. The molecule has 0 aliphatic heterocycles. The summed E-state index contributed by atoms with van der Waals surface area (Å²) in [5, 5.41) is 21.2. The maximum absolute atomic E-state index is 13.5. The molecule has 152 valence electrons. The molecule has 0 aliphatic rings. The zero-order valence-corrected chi connectivity index (χ0v) is 16.8. The zero-order valence-electron chi connectivity index (χ0n) is 16.0. The van der Waals surface area contributed by atoms with Crippen LogP contribution < -0.4 is 11.2 Å². The Morgan fingerprint density at radius 3 is 2.35 bits per heavy atom. The molecule has 5 rings (SSSR count). The number of rotatable bonds is 3. The van der Waals surface area contributed by atoms with Crippen LogP contribution in [-0.2, 0) is 0 Å². The molecule has 2 aromatic heterocycles.